The lowest BCUT2D eigenvalue weighted by Crippen LogP contribution is -2.49. The highest BCUT2D eigenvalue weighted by Crippen LogP contribution is 2.48. The van der Waals surface area contributed by atoms with Crippen molar-refractivity contribution < 1.29 is 31.8 Å². The number of alkyl halides is 5. The molecule has 10 heteroatoms. The van der Waals surface area contributed by atoms with Gasteiger partial charge >= 0.3 is 6.18 Å². The van der Waals surface area contributed by atoms with E-state index in [0.717, 1.165) is 6.07 Å². The van der Waals surface area contributed by atoms with Gasteiger partial charge in [0.15, 0.2) is 0 Å². The van der Waals surface area contributed by atoms with E-state index < -0.39 is 49.4 Å². The summed E-state index contributed by atoms with van der Waals surface area (Å²) in [5, 5.41) is 10.6. The summed E-state index contributed by atoms with van der Waals surface area (Å²) in [5.41, 5.74) is -0.858. The Hall–Kier alpha value is -1.97. The lowest BCUT2D eigenvalue weighted by atomic mass is 9.82. The zero-order chi connectivity index (χ0) is 20.7. The van der Waals surface area contributed by atoms with Gasteiger partial charge in [-0.05, 0) is 18.2 Å². The van der Waals surface area contributed by atoms with E-state index in [9.17, 15) is 27.1 Å². The van der Waals surface area contributed by atoms with Gasteiger partial charge in [-0.25, -0.2) is 13.8 Å². The quantitative estimate of drug-likeness (QED) is 0.721. The van der Waals surface area contributed by atoms with Crippen LogP contribution in [0.3, 0.4) is 0 Å². The molecule has 0 radical (unpaired) electrons. The van der Waals surface area contributed by atoms with Crippen molar-refractivity contribution in [1.82, 2.24) is 4.98 Å². The van der Waals surface area contributed by atoms with Gasteiger partial charge in [-0.3, -0.25) is 0 Å². The van der Waals surface area contributed by atoms with E-state index in [1.807, 2.05) is 0 Å². The second-order valence-corrected chi connectivity index (χ2v) is 7.07. The van der Waals surface area contributed by atoms with Crippen molar-refractivity contribution in [1.29, 1.82) is 0 Å². The molecule has 0 fully saturated rings. The van der Waals surface area contributed by atoms with E-state index in [1.54, 1.807) is 0 Å². The van der Waals surface area contributed by atoms with Gasteiger partial charge in [0.25, 0.3) is 0 Å². The van der Waals surface area contributed by atoms with Gasteiger partial charge in [0.2, 0.25) is 5.60 Å². The molecule has 3 N–H and O–H groups in total. The summed E-state index contributed by atoms with van der Waals surface area (Å²) in [6.45, 7) is -4.03. The number of rotatable bonds is 5. The number of nitrogens with zero attached hydrogens (tertiary/aromatic N) is 1. The van der Waals surface area contributed by atoms with E-state index in [-0.39, 0.29) is 17.0 Å². The topological polar surface area (TPSA) is 68.4 Å². The number of benzene rings is 1. The monoisotopic (exact) mass is 422 g/mol. The van der Waals surface area contributed by atoms with Crippen molar-refractivity contribution >= 4 is 11.6 Å². The van der Waals surface area contributed by atoms with Crippen LogP contribution in [-0.2, 0) is 11.0 Å². The summed E-state index contributed by atoms with van der Waals surface area (Å²) < 4.78 is 73.4. The molecule has 0 amide bonds. The van der Waals surface area contributed by atoms with E-state index in [4.69, 9.17) is 22.1 Å². The average molecular weight is 423 g/mol. The molecule has 28 heavy (non-hydrogen) atoms. The Morgan fingerprint density at radius 1 is 1.18 bits per heavy atom. The maximum Gasteiger partial charge on any atom is 0.424 e. The summed E-state index contributed by atoms with van der Waals surface area (Å²) in [6.07, 6.45) is -5.16. The Morgan fingerprint density at radius 3 is 2.29 bits per heavy atom. The van der Waals surface area contributed by atoms with Crippen LogP contribution < -0.4 is 10.5 Å². The van der Waals surface area contributed by atoms with Gasteiger partial charge in [-0.1, -0.05) is 23.7 Å². The van der Waals surface area contributed by atoms with Crippen molar-refractivity contribution in [2.75, 3.05) is 26.5 Å². The Morgan fingerprint density at radius 2 is 1.79 bits per heavy atom. The van der Waals surface area contributed by atoms with Crippen molar-refractivity contribution in [3.05, 3.63) is 46.6 Å². The number of fused-ring (bicyclic) bond motifs is 1. The van der Waals surface area contributed by atoms with Crippen LogP contribution in [0, 0.1) is 0 Å². The highest BCUT2D eigenvalue weighted by molar-refractivity contribution is 6.30. The fourth-order valence-corrected chi connectivity index (χ4v) is 3.13. The average Bonchev–Trinajstić information content (AvgIpc) is 3.05. The first-order valence-electron chi connectivity index (χ1n) is 8.18. The molecule has 1 aliphatic rings. The molecule has 4 nitrogen and oxygen atoms in total. The maximum atomic E-state index is 13.7. The molecule has 1 atom stereocenters. The molecule has 0 saturated carbocycles. The molecule has 1 aromatic heterocycles. The highest BCUT2D eigenvalue weighted by Gasteiger charge is 2.56. The summed E-state index contributed by atoms with van der Waals surface area (Å²) in [5.74, 6) is -0.0390. The number of ether oxygens (including phenoxy) is 1. The third-order valence-electron chi connectivity index (χ3n) is 4.85. The number of hydrogen-bond donors (Lipinski definition) is 2. The van der Waals surface area contributed by atoms with Crippen molar-refractivity contribution in [2.45, 2.75) is 17.2 Å². The molecular weight excluding hydrogens is 407 g/mol. The van der Waals surface area contributed by atoms with Gasteiger partial charge in [0.05, 0.1) is 11.1 Å². The summed E-state index contributed by atoms with van der Waals surface area (Å²) >= 11 is 5.84. The first-order valence-corrected chi connectivity index (χ1v) is 8.55. The molecule has 0 bridgehead atoms. The van der Waals surface area contributed by atoms with Crippen LogP contribution in [0.4, 0.5) is 22.0 Å². The second-order valence-electron chi connectivity index (χ2n) is 6.64. The Kier molecular flexibility index (Phi) is 5.28. The third-order valence-corrected chi connectivity index (χ3v) is 5.11. The zero-order valence-electron chi connectivity index (χ0n) is 14.4. The van der Waals surface area contributed by atoms with Crippen LogP contribution in [0.5, 0.6) is 5.75 Å². The molecular formula is C18H16ClF5N2O2. The largest absolute Gasteiger partial charge is 0.490 e. The third kappa shape index (κ3) is 3.11. The number of hydrogen-bond acceptors (Lipinski definition) is 4. The minimum atomic E-state index is -5.16. The lowest BCUT2D eigenvalue weighted by Gasteiger charge is -2.30. The van der Waals surface area contributed by atoms with Gasteiger partial charge < -0.3 is 15.6 Å². The Bertz CT molecular complexity index is 872. The number of pyridine rings is 1. The zero-order valence-corrected chi connectivity index (χ0v) is 15.1. The van der Waals surface area contributed by atoms with Crippen LogP contribution in [0.25, 0.3) is 11.3 Å². The number of nitrogens with two attached hydrogens (primary N) is 1. The van der Waals surface area contributed by atoms with Crippen molar-refractivity contribution in [2.24, 2.45) is 5.73 Å². The SMILES string of the molecule is NCC(O)(c1cc2c(c(-c3ccc(Cl)cc3)n1)OCC2(CF)CF)C(F)(F)F. The molecule has 0 spiro atoms. The smallest absolute Gasteiger partial charge is 0.424 e. The van der Waals surface area contributed by atoms with Crippen LogP contribution in [0.1, 0.15) is 11.3 Å². The highest BCUT2D eigenvalue weighted by atomic mass is 35.5. The molecule has 0 aliphatic carbocycles. The number of aliphatic hydroxyl groups is 1. The molecule has 0 saturated heterocycles. The Labute approximate surface area is 162 Å². The van der Waals surface area contributed by atoms with E-state index in [2.05, 4.69) is 4.98 Å². The fourth-order valence-electron chi connectivity index (χ4n) is 3.00. The molecule has 1 aromatic carbocycles. The van der Waals surface area contributed by atoms with Gasteiger partial charge in [0.1, 0.15) is 31.4 Å². The maximum absolute atomic E-state index is 13.7. The number of halogens is 6. The summed E-state index contributed by atoms with van der Waals surface area (Å²) in [4.78, 5) is 3.92. The van der Waals surface area contributed by atoms with Crippen LogP contribution in [0.15, 0.2) is 30.3 Å². The molecule has 152 valence electrons. The Balaban J connectivity index is 2.32. The second kappa shape index (κ2) is 7.13. The summed E-state index contributed by atoms with van der Waals surface area (Å²) in [7, 11) is 0. The van der Waals surface area contributed by atoms with Gasteiger partial charge in [-0.15, -0.1) is 0 Å². The predicted octanol–water partition coefficient (Wildman–Crippen LogP) is 3.68. The van der Waals surface area contributed by atoms with Gasteiger partial charge in [0, 0.05) is 22.7 Å². The minimum absolute atomic E-state index is 0.0390. The lowest BCUT2D eigenvalue weighted by molar-refractivity contribution is -0.263. The predicted molar refractivity (Wildman–Crippen MR) is 92.8 cm³/mol. The van der Waals surface area contributed by atoms with Crippen molar-refractivity contribution in [3.8, 4) is 17.0 Å². The van der Waals surface area contributed by atoms with Crippen LogP contribution in [0.2, 0.25) is 5.02 Å². The first-order chi connectivity index (χ1) is 13.1. The van der Waals surface area contributed by atoms with Crippen LogP contribution in [-0.4, -0.2) is 42.8 Å². The van der Waals surface area contributed by atoms with Crippen LogP contribution >= 0.6 is 11.6 Å². The first kappa shape index (κ1) is 20.8. The molecule has 2 aromatic rings. The van der Waals surface area contributed by atoms with E-state index >= 15 is 0 Å². The minimum Gasteiger partial charge on any atom is -0.490 e. The number of aromatic nitrogens is 1. The molecule has 2 heterocycles. The standard InChI is InChI=1S/C18H16ClF5N2O2/c19-11-3-1-10(2-4-11)14-15-12(16(6-20,7-21)9-28-15)5-13(26-14)17(27,8-25)18(22,23)24/h1-5,27H,6-9,25H2. The molecule has 3 rings (SSSR count). The summed E-state index contributed by atoms with van der Waals surface area (Å²) in [6, 6.07) is 6.71. The molecule has 1 unspecified atom stereocenters. The van der Waals surface area contributed by atoms with Crippen molar-refractivity contribution in [3.63, 3.8) is 0 Å². The fraction of sp³-hybridized carbons (Fsp3) is 0.389. The molecule has 1 aliphatic heterocycles. The normalized spacial score (nSPS) is 17.7. The van der Waals surface area contributed by atoms with E-state index in [1.165, 1.54) is 24.3 Å². The van der Waals surface area contributed by atoms with Gasteiger partial charge in [-0.2, -0.15) is 13.2 Å². The van der Waals surface area contributed by atoms with E-state index in [0.29, 0.717) is 10.6 Å².